The van der Waals surface area contributed by atoms with Crippen molar-refractivity contribution < 1.29 is 14.1 Å². The summed E-state index contributed by atoms with van der Waals surface area (Å²) in [5.74, 6) is 0.757. The minimum absolute atomic E-state index is 0.173. The second-order valence-electron chi connectivity index (χ2n) is 6.45. The largest absolute Gasteiger partial charge is 0.369 e. The molecule has 0 spiro atoms. The van der Waals surface area contributed by atoms with Crippen molar-refractivity contribution in [3.05, 3.63) is 17.5 Å². The van der Waals surface area contributed by atoms with Gasteiger partial charge in [0.2, 0.25) is 5.91 Å². The molecule has 1 saturated heterocycles. The number of hydrogen-bond donors (Lipinski definition) is 1. The predicted molar refractivity (Wildman–Crippen MR) is 75.3 cm³/mol. The SMILES string of the molecule is Cc1cc(C(=O)N2CCCC(CC3CC3)(C(N)=O)C2)no1. The van der Waals surface area contributed by atoms with Gasteiger partial charge in [0.1, 0.15) is 5.76 Å². The number of carbonyl (C=O) groups excluding carboxylic acids is 2. The smallest absolute Gasteiger partial charge is 0.276 e. The Balaban J connectivity index is 1.77. The van der Waals surface area contributed by atoms with E-state index in [0.29, 0.717) is 30.5 Å². The summed E-state index contributed by atoms with van der Waals surface area (Å²) in [6, 6.07) is 1.63. The fourth-order valence-corrected chi connectivity index (χ4v) is 3.28. The van der Waals surface area contributed by atoms with E-state index in [0.717, 1.165) is 19.3 Å². The number of aromatic nitrogens is 1. The Morgan fingerprint density at radius 1 is 1.52 bits per heavy atom. The lowest BCUT2D eigenvalue weighted by Gasteiger charge is -2.40. The van der Waals surface area contributed by atoms with Crippen molar-refractivity contribution in [2.24, 2.45) is 17.1 Å². The van der Waals surface area contributed by atoms with Crippen molar-refractivity contribution in [3.63, 3.8) is 0 Å². The molecule has 1 saturated carbocycles. The van der Waals surface area contributed by atoms with Crippen molar-refractivity contribution in [1.82, 2.24) is 10.1 Å². The van der Waals surface area contributed by atoms with E-state index in [1.807, 2.05) is 0 Å². The molecule has 2 aliphatic rings. The van der Waals surface area contributed by atoms with Gasteiger partial charge in [0.25, 0.3) is 5.91 Å². The first-order valence-corrected chi connectivity index (χ1v) is 7.53. The first kappa shape index (κ1) is 14.1. The summed E-state index contributed by atoms with van der Waals surface area (Å²) < 4.78 is 4.96. The molecule has 1 aromatic heterocycles. The molecule has 2 fully saturated rings. The molecule has 6 heteroatoms. The third kappa shape index (κ3) is 2.80. The summed E-state index contributed by atoms with van der Waals surface area (Å²) in [5.41, 5.74) is 5.42. The Kier molecular flexibility index (Phi) is 3.47. The summed E-state index contributed by atoms with van der Waals surface area (Å²) in [4.78, 5) is 26.2. The summed E-state index contributed by atoms with van der Waals surface area (Å²) in [7, 11) is 0. The molecule has 1 aliphatic carbocycles. The maximum Gasteiger partial charge on any atom is 0.276 e. The molecule has 1 aromatic rings. The molecule has 21 heavy (non-hydrogen) atoms. The predicted octanol–water partition coefficient (Wildman–Crippen LogP) is 1.49. The Bertz CT molecular complexity index is 564. The zero-order valence-electron chi connectivity index (χ0n) is 12.3. The Morgan fingerprint density at radius 3 is 2.86 bits per heavy atom. The number of primary amides is 1. The number of nitrogens with zero attached hydrogens (tertiary/aromatic N) is 2. The van der Waals surface area contributed by atoms with Crippen LogP contribution in [-0.2, 0) is 4.79 Å². The number of carbonyl (C=O) groups is 2. The fraction of sp³-hybridized carbons (Fsp3) is 0.667. The minimum Gasteiger partial charge on any atom is -0.369 e. The average molecular weight is 291 g/mol. The van der Waals surface area contributed by atoms with Crippen LogP contribution in [0.25, 0.3) is 0 Å². The highest BCUT2D eigenvalue weighted by atomic mass is 16.5. The molecular formula is C15H21N3O3. The van der Waals surface area contributed by atoms with Crippen LogP contribution in [0.4, 0.5) is 0 Å². The fourth-order valence-electron chi connectivity index (χ4n) is 3.28. The monoisotopic (exact) mass is 291 g/mol. The van der Waals surface area contributed by atoms with Crippen LogP contribution in [-0.4, -0.2) is 35.0 Å². The van der Waals surface area contributed by atoms with Crippen LogP contribution in [0, 0.1) is 18.3 Å². The van der Waals surface area contributed by atoms with Crippen molar-refractivity contribution >= 4 is 11.8 Å². The number of amides is 2. The van der Waals surface area contributed by atoms with Crippen molar-refractivity contribution in [2.75, 3.05) is 13.1 Å². The molecular weight excluding hydrogens is 270 g/mol. The van der Waals surface area contributed by atoms with E-state index < -0.39 is 5.41 Å². The molecule has 1 unspecified atom stereocenters. The highest BCUT2D eigenvalue weighted by Gasteiger charge is 2.45. The van der Waals surface area contributed by atoms with E-state index in [1.165, 1.54) is 12.8 Å². The molecule has 0 radical (unpaired) electrons. The maximum absolute atomic E-state index is 12.5. The van der Waals surface area contributed by atoms with E-state index in [2.05, 4.69) is 5.16 Å². The van der Waals surface area contributed by atoms with E-state index in [4.69, 9.17) is 10.3 Å². The van der Waals surface area contributed by atoms with Crippen LogP contribution < -0.4 is 5.73 Å². The second-order valence-corrected chi connectivity index (χ2v) is 6.45. The molecule has 2 heterocycles. The van der Waals surface area contributed by atoms with Gasteiger partial charge in [0, 0.05) is 19.2 Å². The van der Waals surface area contributed by atoms with Gasteiger partial charge in [-0.05, 0) is 32.1 Å². The molecule has 1 atom stereocenters. The van der Waals surface area contributed by atoms with E-state index in [-0.39, 0.29) is 11.8 Å². The van der Waals surface area contributed by atoms with Crippen LogP contribution in [0.2, 0.25) is 0 Å². The highest BCUT2D eigenvalue weighted by Crippen LogP contribution is 2.44. The third-order valence-electron chi connectivity index (χ3n) is 4.61. The van der Waals surface area contributed by atoms with Gasteiger partial charge in [-0.15, -0.1) is 0 Å². The molecule has 3 rings (SSSR count). The normalized spacial score (nSPS) is 25.9. The molecule has 0 aromatic carbocycles. The lowest BCUT2D eigenvalue weighted by atomic mass is 9.75. The lowest BCUT2D eigenvalue weighted by molar-refractivity contribution is -0.131. The molecule has 2 amide bonds. The van der Waals surface area contributed by atoms with Gasteiger partial charge in [0.05, 0.1) is 5.41 Å². The molecule has 6 nitrogen and oxygen atoms in total. The minimum atomic E-state index is -0.562. The summed E-state index contributed by atoms with van der Waals surface area (Å²) in [5, 5.41) is 3.77. The topological polar surface area (TPSA) is 89.4 Å². The number of piperidine rings is 1. The van der Waals surface area contributed by atoms with Crippen LogP contribution >= 0.6 is 0 Å². The number of hydrogen-bond acceptors (Lipinski definition) is 4. The number of rotatable bonds is 4. The van der Waals surface area contributed by atoms with Crippen molar-refractivity contribution in [3.8, 4) is 0 Å². The van der Waals surface area contributed by atoms with Crippen molar-refractivity contribution in [1.29, 1.82) is 0 Å². The first-order valence-electron chi connectivity index (χ1n) is 7.53. The first-order chi connectivity index (χ1) is 10.00. The number of aryl methyl sites for hydroxylation is 1. The van der Waals surface area contributed by atoms with Gasteiger partial charge in [-0.2, -0.15) is 0 Å². The van der Waals surface area contributed by atoms with Crippen LogP contribution in [0.1, 0.15) is 48.4 Å². The Labute approximate surface area is 123 Å². The lowest BCUT2D eigenvalue weighted by Crippen LogP contribution is -2.52. The Hall–Kier alpha value is -1.85. The van der Waals surface area contributed by atoms with Crippen LogP contribution in [0.15, 0.2) is 10.6 Å². The summed E-state index contributed by atoms with van der Waals surface area (Å²) in [6.45, 7) is 2.80. The zero-order chi connectivity index (χ0) is 15.0. The van der Waals surface area contributed by atoms with Crippen molar-refractivity contribution in [2.45, 2.75) is 39.0 Å². The Morgan fingerprint density at radius 2 is 2.29 bits per heavy atom. The molecule has 1 aliphatic heterocycles. The molecule has 2 N–H and O–H groups in total. The van der Waals surface area contributed by atoms with E-state index in [1.54, 1.807) is 17.9 Å². The standard InChI is InChI=1S/C15H21N3O3/c1-10-7-12(17-21-10)13(19)18-6-2-5-15(9-18,14(16)20)8-11-3-4-11/h7,11H,2-6,8-9H2,1H3,(H2,16,20). The second kappa shape index (κ2) is 5.16. The van der Waals surface area contributed by atoms with E-state index >= 15 is 0 Å². The number of likely N-dealkylation sites (tertiary alicyclic amines) is 1. The highest BCUT2D eigenvalue weighted by molar-refractivity contribution is 5.93. The quantitative estimate of drug-likeness (QED) is 0.910. The van der Waals surface area contributed by atoms with Gasteiger partial charge in [0.15, 0.2) is 5.69 Å². The van der Waals surface area contributed by atoms with Crippen LogP contribution in [0.3, 0.4) is 0 Å². The zero-order valence-corrected chi connectivity index (χ0v) is 12.3. The van der Waals surface area contributed by atoms with Gasteiger partial charge >= 0.3 is 0 Å². The van der Waals surface area contributed by atoms with Crippen LogP contribution in [0.5, 0.6) is 0 Å². The van der Waals surface area contributed by atoms with Gasteiger partial charge < -0.3 is 15.2 Å². The molecule has 114 valence electrons. The van der Waals surface area contributed by atoms with E-state index in [9.17, 15) is 9.59 Å². The number of nitrogens with two attached hydrogens (primary N) is 1. The third-order valence-corrected chi connectivity index (χ3v) is 4.61. The summed E-state index contributed by atoms with van der Waals surface area (Å²) >= 11 is 0. The average Bonchev–Trinajstić information content (AvgIpc) is 3.16. The van der Waals surface area contributed by atoms with Gasteiger partial charge in [-0.25, -0.2) is 0 Å². The maximum atomic E-state index is 12.5. The molecule has 0 bridgehead atoms. The van der Waals surface area contributed by atoms with Gasteiger partial charge in [-0.3, -0.25) is 9.59 Å². The van der Waals surface area contributed by atoms with Gasteiger partial charge in [-0.1, -0.05) is 18.0 Å². The summed E-state index contributed by atoms with van der Waals surface area (Å²) in [6.07, 6.45) is 4.74.